The van der Waals surface area contributed by atoms with Crippen LogP contribution in [-0.4, -0.2) is 41.0 Å². The maximum Gasteiger partial charge on any atom is 0.278 e. The molecule has 27 heavy (non-hydrogen) atoms. The first kappa shape index (κ1) is 18.9. The number of carbonyl (C=O) groups excluding carboxylic acids is 1. The molecule has 0 unspecified atom stereocenters. The van der Waals surface area contributed by atoms with Crippen molar-refractivity contribution in [2.24, 2.45) is 7.05 Å². The van der Waals surface area contributed by atoms with E-state index in [4.69, 9.17) is 0 Å². The van der Waals surface area contributed by atoms with E-state index in [1.807, 2.05) is 67.1 Å². The number of amides is 1. The van der Waals surface area contributed by atoms with E-state index >= 15 is 0 Å². The maximum absolute atomic E-state index is 12.9. The molecule has 0 atom stereocenters. The van der Waals surface area contributed by atoms with Crippen LogP contribution in [0.25, 0.3) is 11.1 Å². The SMILES string of the molecule is Cn1ccnc1CN(Cc1ccccc1-c1ccccc1)C(=O)C[NH+](C)C. The summed E-state index contributed by atoms with van der Waals surface area (Å²) in [4.78, 5) is 20.3. The Morgan fingerprint density at radius 3 is 2.41 bits per heavy atom. The topological polar surface area (TPSA) is 42.6 Å². The zero-order valence-electron chi connectivity index (χ0n) is 16.2. The first-order valence-electron chi connectivity index (χ1n) is 9.21. The first-order chi connectivity index (χ1) is 13.0. The van der Waals surface area contributed by atoms with Gasteiger partial charge in [0.05, 0.1) is 20.6 Å². The van der Waals surface area contributed by atoms with Crippen LogP contribution in [0.3, 0.4) is 0 Å². The third-order valence-corrected chi connectivity index (χ3v) is 4.57. The molecule has 0 saturated heterocycles. The number of hydrogen-bond donors (Lipinski definition) is 1. The van der Waals surface area contributed by atoms with Crippen LogP contribution in [0, 0.1) is 0 Å². The van der Waals surface area contributed by atoms with Crippen molar-refractivity contribution in [2.45, 2.75) is 13.1 Å². The Labute approximate surface area is 160 Å². The van der Waals surface area contributed by atoms with Gasteiger partial charge in [0.1, 0.15) is 5.82 Å². The zero-order valence-corrected chi connectivity index (χ0v) is 16.2. The molecule has 3 rings (SSSR count). The van der Waals surface area contributed by atoms with Crippen molar-refractivity contribution in [3.63, 3.8) is 0 Å². The zero-order chi connectivity index (χ0) is 19.2. The van der Waals surface area contributed by atoms with Gasteiger partial charge in [-0.25, -0.2) is 4.98 Å². The average molecular weight is 363 g/mol. The molecule has 0 bridgehead atoms. The molecule has 0 aliphatic rings. The molecule has 0 aliphatic heterocycles. The van der Waals surface area contributed by atoms with Crippen molar-refractivity contribution in [3.8, 4) is 11.1 Å². The van der Waals surface area contributed by atoms with E-state index < -0.39 is 0 Å². The Morgan fingerprint density at radius 1 is 1.04 bits per heavy atom. The van der Waals surface area contributed by atoms with Gasteiger partial charge in [-0.05, 0) is 16.7 Å². The van der Waals surface area contributed by atoms with E-state index in [0.29, 0.717) is 19.6 Å². The number of likely N-dealkylation sites (N-methyl/N-ethyl adjacent to an activating group) is 1. The summed E-state index contributed by atoms with van der Waals surface area (Å²) >= 11 is 0. The lowest BCUT2D eigenvalue weighted by Crippen LogP contribution is -3.07. The van der Waals surface area contributed by atoms with E-state index in [-0.39, 0.29) is 5.91 Å². The van der Waals surface area contributed by atoms with Gasteiger partial charge in [-0.1, -0.05) is 54.6 Å². The van der Waals surface area contributed by atoms with Crippen molar-refractivity contribution < 1.29 is 9.69 Å². The van der Waals surface area contributed by atoms with E-state index in [1.165, 1.54) is 0 Å². The van der Waals surface area contributed by atoms with Gasteiger partial charge in [-0.3, -0.25) is 4.79 Å². The minimum Gasteiger partial charge on any atom is -0.337 e. The highest BCUT2D eigenvalue weighted by Gasteiger charge is 2.20. The van der Waals surface area contributed by atoms with Crippen molar-refractivity contribution in [3.05, 3.63) is 78.4 Å². The molecule has 1 N–H and O–H groups in total. The summed E-state index contributed by atoms with van der Waals surface area (Å²) in [5.41, 5.74) is 3.46. The molecular formula is C22H27N4O+. The third kappa shape index (κ3) is 4.83. The smallest absolute Gasteiger partial charge is 0.278 e. The van der Waals surface area contributed by atoms with Gasteiger partial charge in [0.25, 0.3) is 5.91 Å². The van der Waals surface area contributed by atoms with Crippen LogP contribution >= 0.6 is 0 Å². The van der Waals surface area contributed by atoms with Crippen LogP contribution in [0.15, 0.2) is 67.0 Å². The molecule has 0 aliphatic carbocycles. The normalized spacial score (nSPS) is 11.0. The Kier molecular flexibility index (Phi) is 6.04. The molecular weight excluding hydrogens is 336 g/mol. The molecule has 5 heteroatoms. The van der Waals surface area contributed by atoms with E-state index in [0.717, 1.165) is 27.4 Å². The van der Waals surface area contributed by atoms with Crippen molar-refractivity contribution in [1.82, 2.24) is 14.5 Å². The van der Waals surface area contributed by atoms with Gasteiger partial charge in [0.15, 0.2) is 6.54 Å². The fourth-order valence-corrected chi connectivity index (χ4v) is 3.13. The number of nitrogens with one attached hydrogen (secondary N) is 1. The number of quaternary nitrogens is 1. The van der Waals surface area contributed by atoms with Crippen molar-refractivity contribution >= 4 is 5.91 Å². The molecule has 0 fully saturated rings. The molecule has 3 aromatic rings. The van der Waals surface area contributed by atoms with E-state index in [9.17, 15) is 4.79 Å². The number of rotatable bonds is 7. The van der Waals surface area contributed by atoms with Gasteiger partial charge in [-0.15, -0.1) is 0 Å². The molecule has 1 amide bonds. The first-order valence-corrected chi connectivity index (χ1v) is 9.21. The molecule has 5 nitrogen and oxygen atoms in total. The Morgan fingerprint density at radius 2 is 1.74 bits per heavy atom. The van der Waals surface area contributed by atoms with Gasteiger partial charge in [0, 0.05) is 26.0 Å². The second-order valence-corrected chi connectivity index (χ2v) is 7.11. The second kappa shape index (κ2) is 8.64. The molecule has 0 radical (unpaired) electrons. The number of hydrogen-bond acceptors (Lipinski definition) is 2. The molecule has 0 spiro atoms. The lowest BCUT2D eigenvalue weighted by atomic mass is 9.99. The summed E-state index contributed by atoms with van der Waals surface area (Å²) in [5, 5.41) is 0. The number of benzene rings is 2. The van der Waals surface area contributed by atoms with Crippen LogP contribution in [-0.2, 0) is 24.9 Å². The van der Waals surface area contributed by atoms with Gasteiger partial charge in [-0.2, -0.15) is 0 Å². The highest BCUT2D eigenvalue weighted by atomic mass is 16.2. The summed E-state index contributed by atoms with van der Waals surface area (Å²) in [7, 11) is 5.95. The summed E-state index contributed by atoms with van der Waals surface area (Å²) in [6.07, 6.45) is 3.68. The van der Waals surface area contributed by atoms with E-state index in [2.05, 4.69) is 29.2 Å². The highest BCUT2D eigenvalue weighted by molar-refractivity contribution is 5.77. The predicted octanol–water partition coefficient (Wildman–Crippen LogP) is 1.76. The largest absolute Gasteiger partial charge is 0.337 e. The molecule has 1 aromatic heterocycles. The van der Waals surface area contributed by atoms with Crippen LogP contribution in [0.2, 0.25) is 0 Å². The van der Waals surface area contributed by atoms with Crippen LogP contribution in [0.4, 0.5) is 0 Å². The van der Waals surface area contributed by atoms with Gasteiger partial charge < -0.3 is 14.4 Å². The minimum atomic E-state index is 0.126. The number of aryl methyl sites for hydroxylation is 1. The standard InChI is InChI=1S/C22H26N4O/c1-24(2)17-22(27)26(16-21-23-13-14-25(21)3)15-19-11-7-8-12-20(19)18-9-5-4-6-10-18/h4-14H,15-17H2,1-3H3/p+1. The van der Waals surface area contributed by atoms with Gasteiger partial charge >= 0.3 is 0 Å². The van der Waals surface area contributed by atoms with Crippen molar-refractivity contribution in [2.75, 3.05) is 20.6 Å². The third-order valence-electron chi connectivity index (χ3n) is 4.57. The number of carbonyl (C=O) groups is 1. The van der Waals surface area contributed by atoms with E-state index in [1.54, 1.807) is 6.20 Å². The summed E-state index contributed by atoms with van der Waals surface area (Å²) < 4.78 is 1.96. The molecule has 2 aromatic carbocycles. The Hall–Kier alpha value is -2.92. The number of nitrogens with zero attached hydrogens (tertiary/aromatic N) is 3. The molecule has 0 saturated carbocycles. The predicted molar refractivity (Wildman–Crippen MR) is 107 cm³/mol. The fraction of sp³-hybridized carbons (Fsp3) is 0.273. The Bertz CT molecular complexity index is 886. The lowest BCUT2D eigenvalue weighted by molar-refractivity contribution is -0.849. The average Bonchev–Trinajstić information content (AvgIpc) is 3.06. The van der Waals surface area contributed by atoms with Crippen LogP contribution in [0.5, 0.6) is 0 Å². The minimum absolute atomic E-state index is 0.126. The summed E-state index contributed by atoms with van der Waals surface area (Å²) in [5.74, 6) is 1.01. The fourth-order valence-electron chi connectivity index (χ4n) is 3.13. The van der Waals surface area contributed by atoms with Gasteiger partial charge in [0.2, 0.25) is 0 Å². The summed E-state index contributed by atoms with van der Waals surface area (Å²) in [6, 6.07) is 18.6. The molecule has 140 valence electrons. The molecule has 1 heterocycles. The number of aromatic nitrogens is 2. The van der Waals surface area contributed by atoms with Crippen LogP contribution in [0.1, 0.15) is 11.4 Å². The second-order valence-electron chi connectivity index (χ2n) is 7.11. The highest BCUT2D eigenvalue weighted by Crippen LogP contribution is 2.25. The van der Waals surface area contributed by atoms with Crippen LogP contribution < -0.4 is 4.90 Å². The summed E-state index contributed by atoms with van der Waals surface area (Å²) in [6.45, 7) is 1.51. The van der Waals surface area contributed by atoms with Crippen molar-refractivity contribution in [1.29, 1.82) is 0 Å². The Balaban J connectivity index is 1.90. The number of imidazole rings is 1. The quantitative estimate of drug-likeness (QED) is 0.695. The maximum atomic E-state index is 12.9. The monoisotopic (exact) mass is 363 g/mol. The lowest BCUT2D eigenvalue weighted by Gasteiger charge is -2.24.